The van der Waals surface area contributed by atoms with Gasteiger partial charge in [0, 0.05) is 72.8 Å². The lowest BCUT2D eigenvalue weighted by Crippen LogP contribution is -2.60. The maximum absolute atomic E-state index is 14.6. The zero-order valence-corrected chi connectivity index (χ0v) is 42.8. The maximum Gasteiger partial charge on any atom is 0.244 e. The number of aromatic amines is 2. The fraction of sp³-hybridized carbons (Fsp3) is 0.426. The highest BCUT2D eigenvalue weighted by Crippen LogP contribution is 2.24. The number of imidazole rings is 1. The Balaban J connectivity index is 1.53. The molecule has 1 saturated heterocycles. The molecule has 8 atom stereocenters. The van der Waals surface area contributed by atoms with Crippen molar-refractivity contribution in [2.24, 2.45) is 44.4 Å². The van der Waals surface area contributed by atoms with E-state index in [4.69, 9.17) is 34.4 Å². The number of rotatable bonds is 17. The van der Waals surface area contributed by atoms with Gasteiger partial charge in [-0.3, -0.25) is 48.3 Å². The van der Waals surface area contributed by atoms with Gasteiger partial charge in [0.2, 0.25) is 47.3 Å². The van der Waals surface area contributed by atoms with E-state index in [1.54, 1.807) is 36.5 Å². The molecule has 1 aliphatic rings. The lowest BCUT2D eigenvalue weighted by atomic mass is 10.0. The Bertz CT molecular complexity index is 2640. The van der Waals surface area contributed by atoms with Gasteiger partial charge in [-0.1, -0.05) is 70.1 Å². The SMILES string of the molecule is C[C@H]1NC(=O)[C@@H](NC(=O)[C@@H](N)CCCN=C(N)N)CSSC[C@@H](C(N)=O)NC(=O)[C@H](Cc2c[nH]c3ccccc23)NC(=O)[C@H](CCCN=C(N)N)NC(=O)[C@@H](Cc2ccccc2)NC(=O)[C@H](Cc2cnc[nH]2)NC1=O. The number of aromatic nitrogens is 3. The summed E-state index contributed by atoms with van der Waals surface area (Å²) in [5.41, 5.74) is 36.4. The number of fused-ring (bicyclic) bond motifs is 1. The summed E-state index contributed by atoms with van der Waals surface area (Å²) < 4.78 is 0. The smallest absolute Gasteiger partial charge is 0.244 e. The van der Waals surface area contributed by atoms with Gasteiger partial charge in [0.15, 0.2) is 11.9 Å². The Kier molecular flexibility index (Phi) is 22.6. The van der Waals surface area contributed by atoms with Gasteiger partial charge in [-0.15, -0.1) is 0 Å². The summed E-state index contributed by atoms with van der Waals surface area (Å²) in [6, 6.07) is 5.52. The normalized spacial score (nSPS) is 22.2. The molecule has 5 rings (SSSR count). The number of carbonyl (C=O) groups is 8. The van der Waals surface area contributed by atoms with Crippen molar-refractivity contribution in [2.45, 2.75) is 100 Å². The van der Waals surface area contributed by atoms with E-state index in [0.717, 1.165) is 32.5 Å². The third-order valence-corrected chi connectivity index (χ3v) is 14.2. The second-order valence-corrected chi connectivity index (χ2v) is 20.2. The highest BCUT2D eigenvalue weighted by atomic mass is 33.1. The number of nitrogens with two attached hydrogens (primary N) is 6. The molecule has 2 aromatic carbocycles. The van der Waals surface area contributed by atoms with Crippen LogP contribution in [0.3, 0.4) is 0 Å². The van der Waals surface area contributed by atoms with Crippen molar-refractivity contribution in [3.8, 4) is 0 Å². The van der Waals surface area contributed by atoms with Crippen LogP contribution in [-0.2, 0) is 57.6 Å². The molecule has 1 aliphatic heterocycles. The summed E-state index contributed by atoms with van der Waals surface area (Å²) in [4.78, 5) is 130. The lowest BCUT2D eigenvalue weighted by molar-refractivity contribution is -0.135. The van der Waals surface area contributed by atoms with Crippen molar-refractivity contribution in [1.29, 1.82) is 0 Å². The molecule has 75 heavy (non-hydrogen) atoms. The van der Waals surface area contributed by atoms with Gasteiger partial charge >= 0.3 is 0 Å². The van der Waals surface area contributed by atoms with Crippen LogP contribution in [0.1, 0.15) is 49.4 Å². The number of guanidine groups is 2. The van der Waals surface area contributed by atoms with Gasteiger partial charge in [0.25, 0.3) is 0 Å². The first-order chi connectivity index (χ1) is 35.9. The van der Waals surface area contributed by atoms with Crippen LogP contribution in [-0.4, -0.2) is 147 Å². The molecule has 2 aromatic heterocycles. The van der Waals surface area contributed by atoms with Gasteiger partial charge in [0.05, 0.1) is 12.4 Å². The minimum atomic E-state index is -1.37. The van der Waals surface area contributed by atoms with Crippen molar-refractivity contribution in [2.75, 3.05) is 24.6 Å². The Hall–Kier alpha value is -7.85. The Labute approximate surface area is 439 Å². The summed E-state index contributed by atoms with van der Waals surface area (Å²) in [7, 11) is 2.08. The standard InChI is InChI=1S/C47H66N18O8S2/c1-25-39(67)61-35(19-28-21-54-24-58-28)44(72)62-33(17-26-9-3-2-4-10-26)42(70)60-32(14-8-16-56-47(52)53)41(69)63-34(18-27-20-57-31-13-6-5-11-29(27)31)43(71)64-36(38(49)66)22-74-75-23-37(45(73)59-25)65-40(68)30(48)12-7-15-55-46(50)51/h2-6,9-11,13,20-21,24-25,30,32-37,57H,7-8,12,14-19,22-23,48H2,1H3,(H2,49,66)(H,54,58)(H,59,73)(H,60,70)(H,61,67)(H,62,72)(H,63,69)(H,64,71)(H,65,68)(H4,50,51,55)(H4,52,53,56)/t25-,30+,32+,33-,34+,35+,36+,37+/m1/s1. The number of amides is 8. The predicted octanol–water partition coefficient (Wildman–Crippen LogP) is -3.35. The van der Waals surface area contributed by atoms with Crippen LogP contribution in [0.2, 0.25) is 0 Å². The van der Waals surface area contributed by atoms with E-state index in [1.807, 2.05) is 24.3 Å². The van der Waals surface area contributed by atoms with Crippen LogP contribution >= 0.6 is 21.6 Å². The average molecular weight is 1080 g/mol. The number of para-hydroxylation sites is 1. The second kappa shape index (κ2) is 29.1. The van der Waals surface area contributed by atoms with Crippen molar-refractivity contribution in [3.63, 3.8) is 0 Å². The summed E-state index contributed by atoms with van der Waals surface area (Å²) in [6.45, 7) is 1.63. The van der Waals surface area contributed by atoms with E-state index < -0.39 is 95.6 Å². The molecular weight excluding hydrogens is 1010 g/mol. The fourth-order valence-corrected chi connectivity index (χ4v) is 10.0. The zero-order chi connectivity index (χ0) is 54.4. The number of aliphatic imine (C=N–C) groups is 2. The summed E-state index contributed by atoms with van der Waals surface area (Å²) >= 11 is 0. The molecule has 21 N–H and O–H groups in total. The average Bonchev–Trinajstić information content (AvgIpc) is 4.05. The maximum atomic E-state index is 14.6. The van der Waals surface area contributed by atoms with Crippen molar-refractivity contribution < 1.29 is 38.4 Å². The van der Waals surface area contributed by atoms with E-state index in [9.17, 15) is 38.4 Å². The summed E-state index contributed by atoms with van der Waals surface area (Å²) in [5.74, 6) is -7.07. The Morgan fingerprint density at radius 1 is 0.680 bits per heavy atom. The van der Waals surface area contributed by atoms with E-state index >= 15 is 0 Å². The molecule has 8 amide bonds. The van der Waals surface area contributed by atoms with Gasteiger partial charge in [-0.05, 0) is 49.8 Å². The Morgan fingerprint density at radius 3 is 1.93 bits per heavy atom. The highest BCUT2D eigenvalue weighted by molar-refractivity contribution is 8.76. The molecule has 26 nitrogen and oxygen atoms in total. The van der Waals surface area contributed by atoms with E-state index in [1.165, 1.54) is 19.4 Å². The molecule has 0 radical (unpaired) electrons. The van der Waals surface area contributed by atoms with E-state index in [-0.39, 0.29) is 75.0 Å². The number of hydrogen-bond acceptors (Lipinski definition) is 14. The molecule has 28 heteroatoms. The zero-order valence-electron chi connectivity index (χ0n) is 41.2. The molecule has 0 saturated carbocycles. The van der Waals surface area contributed by atoms with Crippen LogP contribution in [0.15, 0.2) is 83.3 Å². The van der Waals surface area contributed by atoms with Gasteiger partial charge in [0.1, 0.15) is 42.3 Å². The van der Waals surface area contributed by atoms with Crippen LogP contribution in [0, 0.1) is 0 Å². The lowest BCUT2D eigenvalue weighted by Gasteiger charge is -2.27. The van der Waals surface area contributed by atoms with Crippen molar-refractivity contribution in [3.05, 3.63) is 90.1 Å². The minimum absolute atomic E-state index is 0.0471. The fourth-order valence-electron chi connectivity index (χ4n) is 7.69. The topological polar surface area (TPSA) is 446 Å². The number of nitrogens with zero attached hydrogens (tertiary/aromatic N) is 3. The molecule has 0 bridgehead atoms. The van der Waals surface area contributed by atoms with E-state index in [2.05, 4.69) is 62.2 Å². The number of H-pyrrole nitrogens is 2. The van der Waals surface area contributed by atoms with Crippen molar-refractivity contribution in [1.82, 2.24) is 52.2 Å². The second-order valence-electron chi connectivity index (χ2n) is 17.6. The summed E-state index contributed by atoms with van der Waals surface area (Å²) in [5, 5.41) is 19.6. The Morgan fingerprint density at radius 2 is 1.27 bits per heavy atom. The predicted molar refractivity (Wildman–Crippen MR) is 286 cm³/mol. The number of nitrogens with one attached hydrogen (secondary N) is 9. The molecule has 404 valence electrons. The molecule has 1 fully saturated rings. The largest absolute Gasteiger partial charge is 0.370 e. The van der Waals surface area contributed by atoms with E-state index in [0.29, 0.717) is 23.2 Å². The van der Waals surface area contributed by atoms with Crippen LogP contribution < -0.4 is 71.6 Å². The third kappa shape index (κ3) is 18.9. The third-order valence-electron chi connectivity index (χ3n) is 11.7. The molecule has 0 spiro atoms. The van der Waals surface area contributed by atoms with Crippen LogP contribution in [0.5, 0.6) is 0 Å². The molecule has 3 heterocycles. The monoisotopic (exact) mass is 1070 g/mol. The number of carbonyl (C=O) groups excluding carboxylic acids is 8. The quantitative estimate of drug-likeness (QED) is 0.0213. The first-order valence-electron chi connectivity index (χ1n) is 24.0. The molecule has 4 aromatic rings. The van der Waals surface area contributed by atoms with Crippen LogP contribution in [0.25, 0.3) is 10.9 Å². The van der Waals surface area contributed by atoms with Gasteiger partial charge in [-0.25, -0.2) is 4.98 Å². The van der Waals surface area contributed by atoms with Gasteiger partial charge < -0.3 is 81.6 Å². The number of primary amides is 1. The minimum Gasteiger partial charge on any atom is -0.370 e. The molecule has 0 unspecified atom stereocenters. The van der Waals surface area contributed by atoms with Crippen molar-refractivity contribution >= 4 is 91.7 Å². The highest BCUT2D eigenvalue weighted by Gasteiger charge is 2.35. The van der Waals surface area contributed by atoms with Crippen LogP contribution in [0.4, 0.5) is 0 Å². The molecular formula is C47H66N18O8S2. The first kappa shape index (κ1) is 58.0. The van der Waals surface area contributed by atoms with Gasteiger partial charge in [-0.2, -0.15) is 0 Å². The first-order valence-corrected chi connectivity index (χ1v) is 26.5. The molecule has 0 aliphatic carbocycles. The number of hydrogen-bond donors (Lipinski definition) is 15. The number of benzene rings is 2. The summed E-state index contributed by atoms with van der Waals surface area (Å²) in [6.07, 6.45) is 4.80.